The summed E-state index contributed by atoms with van der Waals surface area (Å²) >= 11 is 7.29. The lowest BCUT2D eigenvalue weighted by Gasteiger charge is -2.11. The Labute approximate surface area is 174 Å². The summed E-state index contributed by atoms with van der Waals surface area (Å²) in [5.41, 5.74) is 4.06. The van der Waals surface area contributed by atoms with Crippen LogP contribution in [0.25, 0.3) is 0 Å². The number of aliphatic imine (C=N–C) groups is 1. The van der Waals surface area contributed by atoms with Crippen LogP contribution in [0.1, 0.15) is 29.4 Å². The fraction of sp³-hybridized carbons (Fsp3) is 0.286. The molecular weight excluding hydrogens is 392 g/mol. The van der Waals surface area contributed by atoms with Gasteiger partial charge in [0, 0.05) is 36.6 Å². The van der Waals surface area contributed by atoms with E-state index >= 15 is 0 Å². The zero-order chi connectivity index (χ0) is 20.1. The van der Waals surface area contributed by atoms with E-state index in [9.17, 15) is 0 Å². The second-order valence-electron chi connectivity index (χ2n) is 6.61. The highest BCUT2D eigenvalue weighted by molar-refractivity contribution is 7.07. The van der Waals surface area contributed by atoms with Gasteiger partial charge in [0.25, 0.3) is 5.19 Å². The van der Waals surface area contributed by atoms with Crippen LogP contribution in [-0.2, 0) is 6.42 Å². The highest BCUT2D eigenvalue weighted by Crippen LogP contribution is 2.32. The van der Waals surface area contributed by atoms with Crippen LogP contribution in [0.4, 0.5) is 5.69 Å². The Morgan fingerprint density at radius 2 is 2.04 bits per heavy atom. The monoisotopic (exact) mass is 414 g/mol. The predicted octanol–water partition coefficient (Wildman–Crippen LogP) is 5.80. The Bertz CT molecular complexity index is 986. The van der Waals surface area contributed by atoms with Crippen molar-refractivity contribution in [3.05, 3.63) is 63.9 Å². The van der Waals surface area contributed by atoms with Gasteiger partial charge in [-0.05, 0) is 61.7 Å². The Balaban J connectivity index is 1.73. The summed E-state index contributed by atoms with van der Waals surface area (Å²) < 4.78 is 10.4. The average molecular weight is 415 g/mol. The molecule has 0 atom stereocenters. The Kier molecular flexibility index (Phi) is 6.65. The maximum absolute atomic E-state index is 6.04. The summed E-state index contributed by atoms with van der Waals surface area (Å²) in [7, 11) is 2.00. The number of rotatable bonds is 7. The summed E-state index contributed by atoms with van der Waals surface area (Å²) in [6.07, 6.45) is 2.46. The van der Waals surface area contributed by atoms with Crippen molar-refractivity contribution in [2.24, 2.45) is 4.99 Å². The summed E-state index contributed by atoms with van der Waals surface area (Å²) in [6, 6.07) is 11.7. The van der Waals surface area contributed by atoms with E-state index in [1.165, 1.54) is 11.5 Å². The van der Waals surface area contributed by atoms with Gasteiger partial charge in [0.05, 0.1) is 12.0 Å². The number of aromatic nitrogens is 2. The largest absolute Gasteiger partial charge is 0.430 e. The number of nitrogens with zero attached hydrogens (tertiary/aromatic N) is 4. The molecule has 0 radical (unpaired) electrons. The number of benzene rings is 2. The highest BCUT2D eigenvalue weighted by Gasteiger charge is 2.11. The summed E-state index contributed by atoms with van der Waals surface area (Å²) in [5.74, 6) is 1.49. The number of hydrogen-bond donors (Lipinski definition) is 0. The average Bonchev–Trinajstić information content (AvgIpc) is 3.09. The van der Waals surface area contributed by atoms with Gasteiger partial charge in [-0.25, -0.2) is 4.99 Å². The van der Waals surface area contributed by atoms with Crippen molar-refractivity contribution in [2.45, 2.75) is 27.2 Å². The molecule has 0 saturated heterocycles. The quantitative estimate of drug-likeness (QED) is 0.362. The Hall–Kier alpha value is -2.44. The fourth-order valence-corrected chi connectivity index (χ4v) is 3.32. The smallest absolute Gasteiger partial charge is 0.298 e. The van der Waals surface area contributed by atoms with Crippen LogP contribution in [0.5, 0.6) is 10.9 Å². The molecule has 146 valence electrons. The van der Waals surface area contributed by atoms with Crippen molar-refractivity contribution in [3.63, 3.8) is 0 Å². The van der Waals surface area contributed by atoms with E-state index < -0.39 is 0 Å². The molecule has 0 unspecified atom stereocenters. The third-order valence-corrected chi connectivity index (χ3v) is 5.15. The zero-order valence-electron chi connectivity index (χ0n) is 16.4. The minimum atomic E-state index is 0.529. The lowest BCUT2D eigenvalue weighted by Crippen LogP contribution is -2.14. The van der Waals surface area contributed by atoms with E-state index in [1.807, 2.05) is 68.5 Å². The van der Waals surface area contributed by atoms with Gasteiger partial charge in [0.2, 0.25) is 0 Å². The van der Waals surface area contributed by atoms with E-state index in [2.05, 4.69) is 21.3 Å². The molecule has 1 aromatic heterocycles. The van der Waals surface area contributed by atoms with Crippen LogP contribution in [0.2, 0.25) is 5.02 Å². The SMILES string of the molecule is CCN(C)C=Nc1cc(C)c(Oc2nc(Cc3cccc(Cl)c3)ns2)cc1C. The van der Waals surface area contributed by atoms with Gasteiger partial charge in [0.15, 0.2) is 5.82 Å². The van der Waals surface area contributed by atoms with Crippen LogP contribution < -0.4 is 4.74 Å². The molecule has 0 aliphatic heterocycles. The molecule has 0 spiro atoms. The molecule has 7 heteroatoms. The molecule has 3 rings (SSSR count). The number of aryl methyl sites for hydroxylation is 2. The maximum atomic E-state index is 6.04. The van der Waals surface area contributed by atoms with Gasteiger partial charge in [-0.15, -0.1) is 0 Å². The van der Waals surface area contributed by atoms with Crippen LogP contribution in [-0.4, -0.2) is 34.2 Å². The van der Waals surface area contributed by atoms with Gasteiger partial charge in [-0.3, -0.25) is 0 Å². The summed E-state index contributed by atoms with van der Waals surface area (Å²) in [4.78, 5) is 11.1. The first-order valence-corrected chi connectivity index (χ1v) is 10.2. The molecule has 0 saturated carbocycles. The van der Waals surface area contributed by atoms with Gasteiger partial charge in [-0.2, -0.15) is 9.36 Å². The number of halogens is 1. The first-order chi connectivity index (χ1) is 13.4. The van der Waals surface area contributed by atoms with Gasteiger partial charge in [-0.1, -0.05) is 23.7 Å². The Morgan fingerprint density at radius 1 is 1.21 bits per heavy atom. The van der Waals surface area contributed by atoms with Gasteiger partial charge in [0.1, 0.15) is 5.75 Å². The summed E-state index contributed by atoms with van der Waals surface area (Å²) in [6.45, 7) is 7.03. The van der Waals surface area contributed by atoms with Crippen LogP contribution in [0.15, 0.2) is 41.4 Å². The Morgan fingerprint density at radius 3 is 2.79 bits per heavy atom. The second-order valence-corrected chi connectivity index (χ2v) is 7.76. The van der Waals surface area contributed by atoms with Crippen molar-refractivity contribution in [1.82, 2.24) is 14.3 Å². The molecule has 2 aromatic carbocycles. The van der Waals surface area contributed by atoms with E-state index in [4.69, 9.17) is 16.3 Å². The lowest BCUT2D eigenvalue weighted by atomic mass is 10.1. The third-order valence-electron chi connectivity index (χ3n) is 4.28. The molecule has 28 heavy (non-hydrogen) atoms. The third kappa shape index (κ3) is 5.30. The second kappa shape index (κ2) is 9.17. The van der Waals surface area contributed by atoms with Gasteiger partial charge < -0.3 is 9.64 Å². The topological polar surface area (TPSA) is 50.6 Å². The first-order valence-electron chi connectivity index (χ1n) is 9.05. The minimum absolute atomic E-state index is 0.529. The lowest BCUT2D eigenvalue weighted by molar-refractivity contribution is 0.473. The standard InChI is InChI=1S/C21H23ClN4OS/c1-5-26(4)13-23-18-9-15(3)19(10-14(18)2)27-21-24-20(25-28-21)12-16-7-6-8-17(22)11-16/h6-11,13H,5,12H2,1-4H3. The maximum Gasteiger partial charge on any atom is 0.298 e. The predicted molar refractivity (Wildman–Crippen MR) is 117 cm³/mol. The zero-order valence-corrected chi connectivity index (χ0v) is 18.0. The summed E-state index contributed by atoms with van der Waals surface area (Å²) in [5, 5.41) is 1.24. The van der Waals surface area contributed by atoms with Gasteiger partial charge >= 0.3 is 0 Å². The minimum Gasteiger partial charge on any atom is -0.430 e. The van der Waals surface area contributed by atoms with Crippen LogP contribution in [0.3, 0.4) is 0 Å². The molecule has 0 N–H and O–H groups in total. The molecule has 5 nitrogen and oxygen atoms in total. The highest BCUT2D eigenvalue weighted by atomic mass is 35.5. The number of hydrogen-bond acceptors (Lipinski definition) is 5. The molecule has 0 aliphatic carbocycles. The van der Waals surface area contributed by atoms with E-state index in [0.29, 0.717) is 16.6 Å². The fourth-order valence-electron chi connectivity index (χ4n) is 2.54. The normalized spacial score (nSPS) is 11.2. The van der Waals surface area contributed by atoms with Crippen LogP contribution >= 0.6 is 23.1 Å². The molecule has 3 aromatic rings. The van der Waals surface area contributed by atoms with Crippen LogP contribution in [0, 0.1) is 13.8 Å². The first kappa shape index (κ1) is 20.3. The number of ether oxygens (including phenoxy) is 1. The molecule has 0 bridgehead atoms. The van der Waals surface area contributed by atoms with Crippen molar-refractivity contribution < 1.29 is 4.74 Å². The molecule has 0 aliphatic rings. The van der Waals surface area contributed by atoms with Crippen molar-refractivity contribution in [1.29, 1.82) is 0 Å². The van der Waals surface area contributed by atoms with E-state index in [-0.39, 0.29) is 0 Å². The van der Waals surface area contributed by atoms with E-state index in [1.54, 1.807) is 0 Å². The van der Waals surface area contributed by atoms with E-state index in [0.717, 1.165) is 40.5 Å². The molecular formula is C21H23ClN4OS. The van der Waals surface area contributed by atoms with Crippen molar-refractivity contribution in [3.8, 4) is 10.9 Å². The van der Waals surface area contributed by atoms with Crippen molar-refractivity contribution >= 4 is 35.2 Å². The molecule has 0 amide bonds. The molecule has 0 fully saturated rings. The van der Waals surface area contributed by atoms with Crippen molar-refractivity contribution in [2.75, 3.05) is 13.6 Å². The molecule has 1 heterocycles.